The Morgan fingerprint density at radius 1 is 1.47 bits per heavy atom. The number of rotatable bonds is 4. The van der Waals surface area contributed by atoms with Crippen LogP contribution in [0.4, 0.5) is 0 Å². The third kappa shape index (κ3) is 2.63. The quantitative estimate of drug-likeness (QED) is 0.847. The summed E-state index contributed by atoms with van der Waals surface area (Å²) in [6.07, 6.45) is 6.41. The Labute approximate surface area is 113 Å². The molecule has 2 aromatic rings. The second kappa shape index (κ2) is 5.70. The lowest BCUT2D eigenvalue weighted by atomic mass is 10.0. The Kier molecular flexibility index (Phi) is 3.78. The molecule has 3 rings (SSSR count). The first-order valence-corrected chi connectivity index (χ1v) is 7.26. The Hall–Kier alpha value is -1.42. The number of fused-ring (bicyclic) bond motifs is 1. The average Bonchev–Trinajstić information content (AvgIpc) is 2.79. The number of hydrogen-bond acceptors (Lipinski definition) is 3. The summed E-state index contributed by atoms with van der Waals surface area (Å²) in [7, 11) is 0. The Morgan fingerprint density at radius 2 is 2.42 bits per heavy atom. The van der Waals surface area contributed by atoms with E-state index in [0.29, 0.717) is 5.92 Å². The molecule has 3 heterocycles. The van der Waals surface area contributed by atoms with Gasteiger partial charge in [0, 0.05) is 31.7 Å². The molecule has 0 radical (unpaired) electrons. The van der Waals surface area contributed by atoms with Crippen LogP contribution >= 0.6 is 0 Å². The molecule has 102 valence electrons. The number of ether oxygens (including phenoxy) is 1. The lowest BCUT2D eigenvalue weighted by Gasteiger charge is -2.23. The molecule has 4 nitrogen and oxygen atoms in total. The second-order valence-electron chi connectivity index (χ2n) is 5.32. The van der Waals surface area contributed by atoms with Gasteiger partial charge < -0.3 is 9.30 Å². The SMILES string of the molecule is CCCc1nc2cccnc2n1CC1CCCOC1. The fraction of sp³-hybridized carbons (Fsp3) is 0.600. The molecule has 1 aliphatic heterocycles. The number of aromatic nitrogens is 3. The summed E-state index contributed by atoms with van der Waals surface area (Å²) >= 11 is 0. The van der Waals surface area contributed by atoms with E-state index < -0.39 is 0 Å². The zero-order chi connectivity index (χ0) is 13.1. The lowest BCUT2D eigenvalue weighted by molar-refractivity contribution is 0.0484. The maximum atomic E-state index is 5.59. The molecule has 0 aromatic carbocycles. The number of hydrogen-bond donors (Lipinski definition) is 0. The summed E-state index contributed by atoms with van der Waals surface area (Å²) in [5.41, 5.74) is 2.04. The van der Waals surface area contributed by atoms with Crippen molar-refractivity contribution in [1.82, 2.24) is 14.5 Å². The van der Waals surface area contributed by atoms with Crippen molar-refractivity contribution in [2.45, 2.75) is 39.2 Å². The third-order valence-electron chi connectivity index (χ3n) is 3.75. The van der Waals surface area contributed by atoms with E-state index in [2.05, 4.69) is 22.5 Å². The molecule has 19 heavy (non-hydrogen) atoms. The Morgan fingerprint density at radius 3 is 3.21 bits per heavy atom. The zero-order valence-corrected chi connectivity index (χ0v) is 11.5. The predicted molar refractivity (Wildman–Crippen MR) is 75.1 cm³/mol. The van der Waals surface area contributed by atoms with E-state index in [1.54, 1.807) is 0 Å². The number of imidazole rings is 1. The van der Waals surface area contributed by atoms with Crippen molar-refractivity contribution in [1.29, 1.82) is 0 Å². The first-order chi connectivity index (χ1) is 9.38. The highest BCUT2D eigenvalue weighted by molar-refractivity contribution is 5.71. The van der Waals surface area contributed by atoms with Gasteiger partial charge in [0.2, 0.25) is 0 Å². The number of nitrogens with zero attached hydrogens (tertiary/aromatic N) is 3. The van der Waals surface area contributed by atoms with Crippen molar-refractivity contribution in [3.63, 3.8) is 0 Å². The van der Waals surface area contributed by atoms with E-state index in [9.17, 15) is 0 Å². The standard InChI is InChI=1S/C15H21N3O/c1-2-5-14-17-13-7-3-8-16-15(13)18(14)10-12-6-4-9-19-11-12/h3,7-8,12H,2,4-6,9-11H2,1H3. The van der Waals surface area contributed by atoms with Crippen molar-refractivity contribution >= 4 is 11.2 Å². The van der Waals surface area contributed by atoms with Gasteiger partial charge in [0.25, 0.3) is 0 Å². The van der Waals surface area contributed by atoms with Gasteiger partial charge in [-0.3, -0.25) is 0 Å². The molecule has 1 aliphatic rings. The molecule has 2 aromatic heterocycles. The van der Waals surface area contributed by atoms with E-state index in [1.807, 2.05) is 12.3 Å². The van der Waals surface area contributed by atoms with Crippen molar-refractivity contribution < 1.29 is 4.74 Å². The minimum absolute atomic E-state index is 0.601. The largest absolute Gasteiger partial charge is 0.381 e. The fourth-order valence-corrected chi connectivity index (χ4v) is 2.82. The van der Waals surface area contributed by atoms with Gasteiger partial charge in [-0.25, -0.2) is 9.97 Å². The summed E-state index contributed by atoms with van der Waals surface area (Å²) in [5.74, 6) is 1.77. The number of aryl methyl sites for hydroxylation is 1. The molecule has 1 unspecified atom stereocenters. The molecule has 1 fully saturated rings. The summed E-state index contributed by atoms with van der Waals surface area (Å²) in [4.78, 5) is 9.24. The van der Waals surface area contributed by atoms with Crippen LogP contribution in [-0.4, -0.2) is 27.7 Å². The first-order valence-electron chi connectivity index (χ1n) is 7.26. The van der Waals surface area contributed by atoms with E-state index in [-0.39, 0.29) is 0 Å². The molecule has 0 aliphatic carbocycles. The molecule has 0 bridgehead atoms. The lowest BCUT2D eigenvalue weighted by Crippen LogP contribution is -2.23. The van der Waals surface area contributed by atoms with Crippen LogP contribution in [0.1, 0.15) is 32.0 Å². The number of pyridine rings is 1. The molecule has 0 saturated carbocycles. The van der Waals surface area contributed by atoms with E-state index >= 15 is 0 Å². The molecular formula is C15H21N3O. The van der Waals surface area contributed by atoms with Gasteiger partial charge in [-0.1, -0.05) is 6.92 Å². The van der Waals surface area contributed by atoms with Crippen LogP contribution in [0.15, 0.2) is 18.3 Å². The van der Waals surface area contributed by atoms with Crippen LogP contribution in [0.3, 0.4) is 0 Å². The third-order valence-corrected chi connectivity index (χ3v) is 3.75. The summed E-state index contributed by atoms with van der Waals surface area (Å²) in [6, 6.07) is 4.01. The molecule has 1 saturated heterocycles. The van der Waals surface area contributed by atoms with Gasteiger partial charge in [-0.15, -0.1) is 0 Å². The molecule has 0 N–H and O–H groups in total. The van der Waals surface area contributed by atoms with Crippen molar-refractivity contribution in [2.75, 3.05) is 13.2 Å². The maximum Gasteiger partial charge on any atom is 0.159 e. The van der Waals surface area contributed by atoms with Gasteiger partial charge in [0.05, 0.1) is 6.61 Å². The van der Waals surface area contributed by atoms with Crippen LogP contribution in [-0.2, 0) is 17.7 Å². The topological polar surface area (TPSA) is 39.9 Å². The highest BCUT2D eigenvalue weighted by Crippen LogP contribution is 2.21. The van der Waals surface area contributed by atoms with Crippen LogP contribution in [0.5, 0.6) is 0 Å². The minimum atomic E-state index is 0.601. The highest BCUT2D eigenvalue weighted by atomic mass is 16.5. The van der Waals surface area contributed by atoms with Crippen LogP contribution in [0.2, 0.25) is 0 Å². The van der Waals surface area contributed by atoms with E-state index in [0.717, 1.165) is 43.8 Å². The molecule has 1 atom stereocenters. The monoisotopic (exact) mass is 259 g/mol. The summed E-state index contributed by atoms with van der Waals surface area (Å²) in [5, 5.41) is 0. The van der Waals surface area contributed by atoms with Crippen molar-refractivity contribution in [2.24, 2.45) is 5.92 Å². The summed E-state index contributed by atoms with van der Waals surface area (Å²) < 4.78 is 7.89. The molecular weight excluding hydrogens is 238 g/mol. The average molecular weight is 259 g/mol. The predicted octanol–water partition coefficient (Wildman–Crippen LogP) is 2.81. The Bertz CT molecular complexity index is 543. The van der Waals surface area contributed by atoms with E-state index in [1.165, 1.54) is 18.7 Å². The second-order valence-corrected chi connectivity index (χ2v) is 5.32. The smallest absolute Gasteiger partial charge is 0.159 e. The summed E-state index contributed by atoms with van der Waals surface area (Å²) in [6.45, 7) is 4.98. The van der Waals surface area contributed by atoms with E-state index in [4.69, 9.17) is 9.72 Å². The van der Waals surface area contributed by atoms with Gasteiger partial charge >= 0.3 is 0 Å². The van der Waals surface area contributed by atoms with Gasteiger partial charge in [0.15, 0.2) is 5.65 Å². The van der Waals surface area contributed by atoms with Crippen LogP contribution < -0.4 is 0 Å². The van der Waals surface area contributed by atoms with Crippen LogP contribution in [0.25, 0.3) is 11.2 Å². The van der Waals surface area contributed by atoms with Gasteiger partial charge in [0.1, 0.15) is 11.3 Å². The molecule has 4 heteroatoms. The van der Waals surface area contributed by atoms with Crippen molar-refractivity contribution in [3.05, 3.63) is 24.2 Å². The van der Waals surface area contributed by atoms with Gasteiger partial charge in [-0.2, -0.15) is 0 Å². The van der Waals surface area contributed by atoms with Crippen molar-refractivity contribution in [3.8, 4) is 0 Å². The fourth-order valence-electron chi connectivity index (χ4n) is 2.82. The molecule has 0 amide bonds. The van der Waals surface area contributed by atoms with Gasteiger partial charge in [-0.05, 0) is 31.4 Å². The maximum absolute atomic E-state index is 5.59. The zero-order valence-electron chi connectivity index (χ0n) is 11.5. The first kappa shape index (κ1) is 12.6. The highest BCUT2D eigenvalue weighted by Gasteiger charge is 2.18. The minimum Gasteiger partial charge on any atom is -0.381 e. The van der Waals surface area contributed by atoms with Crippen LogP contribution in [0, 0.1) is 5.92 Å². The molecule has 0 spiro atoms. The Balaban J connectivity index is 1.92. The normalized spacial score (nSPS) is 19.9.